The van der Waals surface area contributed by atoms with E-state index < -0.39 is 7.14 Å². The molecule has 0 unspecified atom stereocenters. The molecule has 28 heavy (non-hydrogen) atoms. The Kier molecular flexibility index (Phi) is 5.58. The molecule has 144 valence electrons. The van der Waals surface area contributed by atoms with Gasteiger partial charge in [-0.3, -0.25) is 4.79 Å². The van der Waals surface area contributed by atoms with E-state index >= 15 is 0 Å². The maximum atomic E-state index is 14.8. The molecule has 4 heteroatoms. The van der Waals surface area contributed by atoms with E-state index in [1.54, 1.807) is 13.1 Å². The maximum Gasteiger partial charge on any atom is 0.251 e. The Hall–Kier alpha value is -2.64. The van der Waals surface area contributed by atoms with Crippen molar-refractivity contribution in [1.29, 1.82) is 0 Å². The topological polar surface area (TPSA) is 46.2 Å². The fraction of sp³-hybridized carbons (Fsp3) is 0.208. The van der Waals surface area contributed by atoms with Crippen molar-refractivity contribution >= 4 is 29.0 Å². The molecule has 0 aliphatic heterocycles. The van der Waals surface area contributed by atoms with Crippen molar-refractivity contribution in [2.75, 3.05) is 7.05 Å². The van der Waals surface area contributed by atoms with Crippen LogP contribution in [-0.4, -0.2) is 13.0 Å². The molecule has 0 saturated carbocycles. The van der Waals surface area contributed by atoms with Crippen molar-refractivity contribution in [3.63, 3.8) is 0 Å². The summed E-state index contributed by atoms with van der Waals surface area (Å²) >= 11 is 0. The van der Waals surface area contributed by atoms with E-state index in [-0.39, 0.29) is 11.3 Å². The van der Waals surface area contributed by atoms with Crippen LogP contribution >= 0.6 is 7.14 Å². The number of nitrogens with one attached hydrogen (secondary N) is 1. The molecule has 0 radical (unpaired) electrons. The van der Waals surface area contributed by atoms with Crippen molar-refractivity contribution < 1.29 is 9.36 Å². The molecule has 3 aromatic rings. The lowest BCUT2D eigenvalue weighted by Crippen LogP contribution is -2.33. The summed E-state index contributed by atoms with van der Waals surface area (Å²) in [5.41, 5.74) is 1.36. The fourth-order valence-corrected chi connectivity index (χ4v) is 6.16. The van der Waals surface area contributed by atoms with Crippen molar-refractivity contribution in [3.05, 3.63) is 90.0 Å². The third kappa shape index (κ3) is 3.68. The molecular weight excluding hydrogens is 365 g/mol. The quantitative estimate of drug-likeness (QED) is 0.684. The van der Waals surface area contributed by atoms with Crippen LogP contribution in [0, 0.1) is 0 Å². The van der Waals surface area contributed by atoms with E-state index in [2.05, 4.69) is 26.1 Å². The first kappa shape index (κ1) is 20.1. The molecule has 0 heterocycles. The van der Waals surface area contributed by atoms with Crippen LogP contribution in [0.25, 0.3) is 0 Å². The van der Waals surface area contributed by atoms with Gasteiger partial charge in [0.2, 0.25) is 0 Å². The van der Waals surface area contributed by atoms with Gasteiger partial charge < -0.3 is 9.88 Å². The maximum absolute atomic E-state index is 14.8. The predicted molar refractivity (Wildman–Crippen MR) is 118 cm³/mol. The number of benzene rings is 3. The van der Waals surface area contributed by atoms with Gasteiger partial charge in [-0.05, 0) is 23.1 Å². The number of carbonyl (C=O) groups is 1. The molecule has 0 fully saturated rings. The van der Waals surface area contributed by atoms with Gasteiger partial charge >= 0.3 is 0 Å². The van der Waals surface area contributed by atoms with Gasteiger partial charge in [-0.25, -0.2) is 0 Å². The van der Waals surface area contributed by atoms with Crippen LogP contribution in [0.5, 0.6) is 0 Å². The second kappa shape index (κ2) is 7.77. The average molecular weight is 391 g/mol. The monoisotopic (exact) mass is 391 g/mol. The van der Waals surface area contributed by atoms with Crippen LogP contribution in [-0.2, 0) is 9.98 Å². The molecule has 0 spiro atoms. The van der Waals surface area contributed by atoms with E-state index in [0.29, 0.717) is 10.9 Å². The fourth-order valence-electron chi connectivity index (χ4n) is 3.29. The summed E-state index contributed by atoms with van der Waals surface area (Å²) in [6, 6.07) is 24.6. The highest BCUT2D eigenvalue weighted by molar-refractivity contribution is 7.85. The largest absolute Gasteiger partial charge is 0.355 e. The third-order valence-corrected chi connectivity index (χ3v) is 8.01. The van der Waals surface area contributed by atoms with Gasteiger partial charge in [-0.15, -0.1) is 0 Å². The van der Waals surface area contributed by atoms with Crippen molar-refractivity contribution in [2.45, 2.75) is 26.2 Å². The summed E-state index contributed by atoms with van der Waals surface area (Å²) in [6.07, 6.45) is 0. The molecular formula is C24H26NO2P. The Morgan fingerprint density at radius 2 is 1.32 bits per heavy atom. The van der Waals surface area contributed by atoms with Gasteiger partial charge in [0.15, 0.2) is 7.14 Å². The smallest absolute Gasteiger partial charge is 0.251 e. The summed E-state index contributed by atoms with van der Waals surface area (Å²) in [7, 11) is -1.64. The number of hydrogen-bond donors (Lipinski definition) is 1. The first-order valence-corrected chi connectivity index (χ1v) is 11.1. The number of amides is 1. The standard InChI is InChI=1S/C24H26NO2P/c1-24(2,3)18-15-16-21(23(26)25-4)22(17-18)28(27,19-11-7-5-8-12-19)20-13-9-6-10-14-20/h5-17H,1-4H3,(H,25,26). The second-order valence-corrected chi connectivity index (χ2v) is 10.6. The molecule has 0 aromatic heterocycles. The molecule has 1 amide bonds. The van der Waals surface area contributed by atoms with Crippen molar-refractivity contribution in [1.82, 2.24) is 5.32 Å². The van der Waals surface area contributed by atoms with Crippen molar-refractivity contribution in [2.24, 2.45) is 0 Å². The molecule has 0 aliphatic rings. The Morgan fingerprint density at radius 3 is 1.75 bits per heavy atom. The molecule has 3 nitrogen and oxygen atoms in total. The van der Waals surface area contributed by atoms with Crippen LogP contribution in [0.15, 0.2) is 78.9 Å². The number of carbonyl (C=O) groups excluding carboxylic acids is 1. The van der Waals surface area contributed by atoms with Gasteiger partial charge in [0, 0.05) is 23.0 Å². The van der Waals surface area contributed by atoms with Gasteiger partial charge in [-0.2, -0.15) is 0 Å². The third-order valence-electron chi connectivity index (χ3n) is 4.91. The lowest BCUT2D eigenvalue weighted by atomic mass is 9.86. The van der Waals surface area contributed by atoms with Crippen LogP contribution in [0.3, 0.4) is 0 Å². The summed E-state index contributed by atoms with van der Waals surface area (Å²) < 4.78 is 14.8. The SMILES string of the molecule is CNC(=O)c1ccc(C(C)(C)C)cc1P(=O)(c1ccccc1)c1ccccc1. The van der Waals surface area contributed by atoms with E-state index in [9.17, 15) is 9.36 Å². The van der Waals surface area contributed by atoms with Gasteiger partial charge in [0.25, 0.3) is 5.91 Å². The average Bonchev–Trinajstić information content (AvgIpc) is 2.72. The molecule has 1 N–H and O–H groups in total. The Morgan fingerprint density at radius 1 is 0.821 bits per heavy atom. The number of hydrogen-bond acceptors (Lipinski definition) is 2. The molecule has 3 rings (SSSR count). The van der Waals surface area contributed by atoms with Crippen LogP contribution < -0.4 is 21.2 Å². The van der Waals surface area contributed by atoms with E-state index in [4.69, 9.17) is 0 Å². The summed E-state index contributed by atoms with van der Waals surface area (Å²) in [4.78, 5) is 12.7. The minimum atomic E-state index is -3.24. The zero-order chi connectivity index (χ0) is 20.4. The van der Waals surface area contributed by atoms with Crippen molar-refractivity contribution in [3.8, 4) is 0 Å². The molecule has 3 aromatic carbocycles. The summed E-state index contributed by atoms with van der Waals surface area (Å²) in [6.45, 7) is 6.34. The Labute approximate surface area is 167 Å². The highest BCUT2D eigenvalue weighted by Crippen LogP contribution is 2.44. The van der Waals surface area contributed by atoms with E-state index in [0.717, 1.165) is 16.2 Å². The summed E-state index contributed by atoms with van der Waals surface area (Å²) in [5, 5.41) is 4.71. The first-order chi connectivity index (χ1) is 13.3. The normalized spacial score (nSPS) is 11.9. The molecule has 0 saturated heterocycles. The zero-order valence-electron chi connectivity index (χ0n) is 16.8. The van der Waals surface area contributed by atoms with Gasteiger partial charge in [-0.1, -0.05) is 87.5 Å². The van der Waals surface area contributed by atoms with E-state index in [1.165, 1.54) is 0 Å². The molecule has 0 atom stereocenters. The summed E-state index contributed by atoms with van der Waals surface area (Å²) in [5.74, 6) is -0.234. The minimum absolute atomic E-state index is 0.131. The number of rotatable bonds is 4. The lowest BCUT2D eigenvalue weighted by molar-refractivity contribution is 0.0964. The lowest BCUT2D eigenvalue weighted by Gasteiger charge is -2.26. The van der Waals surface area contributed by atoms with Crippen LogP contribution in [0.2, 0.25) is 0 Å². The highest BCUT2D eigenvalue weighted by atomic mass is 31.2. The van der Waals surface area contributed by atoms with Crippen LogP contribution in [0.4, 0.5) is 0 Å². The van der Waals surface area contributed by atoms with Gasteiger partial charge in [0.1, 0.15) is 0 Å². The zero-order valence-corrected chi connectivity index (χ0v) is 17.7. The Balaban J connectivity index is 2.40. The first-order valence-electron chi connectivity index (χ1n) is 9.37. The van der Waals surface area contributed by atoms with Crippen LogP contribution in [0.1, 0.15) is 36.7 Å². The highest BCUT2D eigenvalue weighted by Gasteiger charge is 2.34. The van der Waals surface area contributed by atoms with Gasteiger partial charge in [0.05, 0.1) is 5.56 Å². The molecule has 0 bridgehead atoms. The predicted octanol–water partition coefficient (Wildman–Crippen LogP) is 3.98. The Bertz CT molecular complexity index is 978. The minimum Gasteiger partial charge on any atom is -0.355 e. The van der Waals surface area contributed by atoms with E-state index in [1.807, 2.05) is 72.8 Å². The molecule has 0 aliphatic carbocycles. The second-order valence-electron chi connectivity index (χ2n) is 7.84.